The summed E-state index contributed by atoms with van der Waals surface area (Å²) in [6, 6.07) is 0. The van der Waals surface area contributed by atoms with Crippen molar-refractivity contribution in [3.63, 3.8) is 0 Å². The second-order valence-corrected chi connectivity index (χ2v) is 2.34. The molecule has 0 spiro atoms. The summed E-state index contributed by atoms with van der Waals surface area (Å²) < 4.78 is 0. The molecule has 0 aliphatic rings. The Kier molecular flexibility index (Phi) is 2.91. The number of nitrogens with one attached hydrogen (secondary N) is 1. The molecule has 0 radical (unpaired) electrons. The molecule has 0 saturated heterocycles. The molecule has 0 heterocycles. The van der Waals surface area contributed by atoms with Crippen LogP contribution < -0.4 is 5.43 Å². The van der Waals surface area contributed by atoms with Crippen LogP contribution in [0.25, 0.3) is 0 Å². The highest BCUT2D eigenvalue weighted by atomic mass is 15.4. The number of nitrogens with zero attached hydrogens (tertiary/aromatic N) is 2. The normalized spacial score (nSPS) is 11.9. The first kappa shape index (κ1) is 8.14. The Labute approximate surface area is 55.8 Å². The van der Waals surface area contributed by atoms with Crippen molar-refractivity contribution in [2.75, 3.05) is 7.05 Å². The summed E-state index contributed by atoms with van der Waals surface area (Å²) in [5, 5.41) is 7.15. The number of hydrogen-bond acceptors (Lipinski definition) is 2. The molecule has 0 aromatic carbocycles. The molecule has 0 bridgehead atoms. The van der Waals surface area contributed by atoms with E-state index >= 15 is 0 Å². The van der Waals surface area contributed by atoms with E-state index in [-0.39, 0.29) is 5.54 Å². The largest absolute Gasteiger partial charge is 0.282 e. The van der Waals surface area contributed by atoms with Crippen LogP contribution in [0.2, 0.25) is 0 Å². The average Bonchev–Trinajstić information content (AvgIpc) is 1.84. The van der Waals surface area contributed by atoms with Crippen molar-refractivity contribution < 1.29 is 0 Å². The Morgan fingerprint density at radius 1 is 1.56 bits per heavy atom. The van der Waals surface area contributed by atoms with Gasteiger partial charge in [-0.25, -0.2) is 0 Å². The lowest BCUT2D eigenvalue weighted by molar-refractivity contribution is 0.475. The van der Waals surface area contributed by atoms with Gasteiger partial charge in [-0.05, 0) is 13.8 Å². The molecule has 0 aromatic heterocycles. The molecule has 3 heteroatoms. The van der Waals surface area contributed by atoms with Crippen LogP contribution in [0, 0.1) is 0 Å². The van der Waals surface area contributed by atoms with Gasteiger partial charge in [0.1, 0.15) is 0 Å². The third-order valence-corrected chi connectivity index (χ3v) is 0.948. The van der Waals surface area contributed by atoms with E-state index in [2.05, 4.69) is 22.3 Å². The first-order valence-electron chi connectivity index (χ1n) is 2.82. The average molecular weight is 127 g/mol. The Hall–Kier alpha value is -0.860. The Morgan fingerprint density at radius 3 is 2.44 bits per heavy atom. The molecule has 52 valence electrons. The van der Waals surface area contributed by atoms with Crippen molar-refractivity contribution in [1.29, 1.82) is 0 Å². The molecule has 0 aliphatic heterocycles. The lowest BCUT2D eigenvalue weighted by atomic mass is 10.1. The van der Waals surface area contributed by atoms with Crippen LogP contribution >= 0.6 is 0 Å². The number of rotatable bonds is 3. The first-order valence-corrected chi connectivity index (χ1v) is 2.82. The van der Waals surface area contributed by atoms with Crippen LogP contribution in [-0.4, -0.2) is 12.6 Å². The van der Waals surface area contributed by atoms with E-state index in [0.717, 1.165) is 0 Å². The molecular weight excluding hydrogens is 114 g/mol. The van der Waals surface area contributed by atoms with Crippen molar-refractivity contribution in [2.24, 2.45) is 10.3 Å². The monoisotopic (exact) mass is 127 g/mol. The molecule has 0 aromatic rings. The SMILES string of the molecule is C=CC(C)(C)N/N=N\C. The van der Waals surface area contributed by atoms with Crippen LogP contribution in [0.5, 0.6) is 0 Å². The van der Waals surface area contributed by atoms with Crippen LogP contribution in [0.1, 0.15) is 13.8 Å². The van der Waals surface area contributed by atoms with Gasteiger partial charge in [0, 0.05) is 0 Å². The third-order valence-electron chi connectivity index (χ3n) is 0.948. The minimum Gasteiger partial charge on any atom is -0.282 e. The maximum absolute atomic E-state index is 3.62. The van der Waals surface area contributed by atoms with Gasteiger partial charge in [0.25, 0.3) is 0 Å². The van der Waals surface area contributed by atoms with Gasteiger partial charge in [-0.2, -0.15) is 5.11 Å². The summed E-state index contributed by atoms with van der Waals surface area (Å²) in [6.45, 7) is 7.55. The molecule has 3 nitrogen and oxygen atoms in total. The lowest BCUT2D eigenvalue weighted by Crippen LogP contribution is -2.32. The van der Waals surface area contributed by atoms with Crippen molar-refractivity contribution in [3.05, 3.63) is 12.7 Å². The van der Waals surface area contributed by atoms with Crippen molar-refractivity contribution >= 4 is 0 Å². The van der Waals surface area contributed by atoms with E-state index in [4.69, 9.17) is 0 Å². The van der Waals surface area contributed by atoms with Gasteiger partial charge < -0.3 is 0 Å². The van der Waals surface area contributed by atoms with Crippen LogP contribution in [-0.2, 0) is 0 Å². The maximum Gasteiger partial charge on any atom is 0.0686 e. The smallest absolute Gasteiger partial charge is 0.0686 e. The Morgan fingerprint density at radius 2 is 2.11 bits per heavy atom. The molecule has 0 rings (SSSR count). The summed E-state index contributed by atoms with van der Waals surface area (Å²) in [6.07, 6.45) is 1.78. The Balaban J connectivity index is 3.71. The first-order chi connectivity index (χ1) is 4.12. The van der Waals surface area contributed by atoms with E-state index in [0.29, 0.717) is 0 Å². The minimum absolute atomic E-state index is 0.153. The molecule has 9 heavy (non-hydrogen) atoms. The highest BCUT2D eigenvalue weighted by Crippen LogP contribution is 2.00. The summed E-state index contributed by atoms with van der Waals surface area (Å²) in [5.74, 6) is 0. The quantitative estimate of drug-likeness (QED) is 0.348. The summed E-state index contributed by atoms with van der Waals surface area (Å²) in [7, 11) is 1.62. The zero-order valence-corrected chi connectivity index (χ0v) is 6.18. The zero-order chi connectivity index (χ0) is 7.33. The molecule has 0 fully saturated rings. The molecule has 0 amide bonds. The maximum atomic E-state index is 3.62. The molecule has 1 N–H and O–H groups in total. The predicted molar refractivity (Wildman–Crippen MR) is 38.2 cm³/mol. The van der Waals surface area contributed by atoms with Crippen molar-refractivity contribution in [1.82, 2.24) is 5.43 Å². The number of hydrogen-bond donors (Lipinski definition) is 1. The molecular formula is C6H13N3. The van der Waals surface area contributed by atoms with Gasteiger partial charge in [0.15, 0.2) is 0 Å². The van der Waals surface area contributed by atoms with Crippen LogP contribution in [0.3, 0.4) is 0 Å². The van der Waals surface area contributed by atoms with Gasteiger partial charge in [0.05, 0.1) is 12.6 Å². The van der Waals surface area contributed by atoms with Crippen LogP contribution in [0.15, 0.2) is 23.0 Å². The van der Waals surface area contributed by atoms with Crippen LogP contribution in [0.4, 0.5) is 0 Å². The minimum atomic E-state index is -0.153. The summed E-state index contributed by atoms with van der Waals surface area (Å²) in [5.41, 5.74) is 2.65. The van der Waals surface area contributed by atoms with E-state index in [1.54, 1.807) is 13.1 Å². The highest BCUT2D eigenvalue weighted by molar-refractivity contribution is 4.93. The molecule has 0 atom stereocenters. The predicted octanol–water partition coefficient (Wildman–Crippen LogP) is 1.54. The van der Waals surface area contributed by atoms with Gasteiger partial charge in [0.2, 0.25) is 0 Å². The van der Waals surface area contributed by atoms with Crippen molar-refractivity contribution in [3.8, 4) is 0 Å². The van der Waals surface area contributed by atoms with E-state index in [1.165, 1.54) is 0 Å². The highest BCUT2D eigenvalue weighted by Gasteiger charge is 2.08. The fourth-order valence-electron chi connectivity index (χ4n) is 0.225. The van der Waals surface area contributed by atoms with Gasteiger partial charge >= 0.3 is 0 Å². The third kappa shape index (κ3) is 3.70. The fraction of sp³-hybridized carbons (Fsp3) is 0.667. The molecule has 0 aliphatic carbocycles. The van der Waals surface area contributed by atoms with E-state index in [9.17, 15) is 0 Å². The van der Waals surface area contributed by atoms with Gasteiger partial charge in [-0.15, -0.1) is 6.58 Å². The van der Waals surface area contributed by atoms with E-state index in [1.807, 2.05) is 13.8 Å². The topological polar surface area (TPSA) is 36.8 Å². The van der Waals surface area contributed by atoms with Gasteiger partial charge in [-0.3, -0.25) is 5.43 Å². The standard InChI is InChI=1S/C6H13N3/c1-5-6(2,3)8-9-7-4/h5H,1H2,2-4H3,(H,7,8). The van der Waals surface area contributed by atoms with E-state index < -0.39 is 0 Å². The Bertz CT molecular complexity index is 115. The summed E-state index contributed by atoms with van der Waals surface area (Å²) in [4.78, 5) is 0. The van der Waals surface area contributed by atoms with Gasteiger partial charge in [-0.1, -0.05) is 11.3 Å². The zero-order valence-electron chi connectivity index (χ0n) is 6.18. The second kappa shape index (κ2) is 3.22. The second-order valence-electron chi connectivity index (χ2n) is 2.34. The molecule has 0 unspecified atom stereocenters. The lowest BCUT2D eigenvalue weighted by Gasteiger charge is -2.17. The summed E-state index contributed by atoms with van der Waals surface area (Å²) >= 11 is 0. The fourth-order valence-corrected chi connectivity index (χ4v) is 0.225. The van der Waals surface area contributed by atoms with Crippen molar-refractivity contribution in [2.45, 2.75) is 19.4 Å². The molecule has 0 saturated carbocycles.